The molecule has 146 valence electrons. The van der Waals surface area contributed by atoms with Crippen LogP contribution in [0.2, 0.25) is 0 Å². The Kier molecular flexibility index (Phi) is 6.31. The zero-order valence-corrected chi connectivity index (χ0v) is 15.5. The lowest BCUT2D eigenvalue weighted by atomic mass is 10.0. The van der Waals surface area contributed by atoms with Gasteiger partial charge in [-0.05, 0) is 49.4 Å². The molecule has 1 saturated heterocycles. The van der Waals surface area contributed by atoms with E-state index in [9.17, 15) is 13.2 Å². The Morgan fingerprint density at radius 2 is 1.81 bits per heavy atom. The highest BCUT2D eigenvalue weighted by molar-refractivity contribution is 5.30. The third kappa shape index (κ3) is 5.66. The van der Waals surface area contributed by atoms with E-state index in [2.05, 4.69) is 27.1 Å². The third-order valence-electron chi connectivity index (χ3n) is 4.83. The maximum atomic E-state index is 12.6. The fourth-order valence-electron chi connectivity index (χ4n) is 3.30. The molecule has 1 atom stereocenters. The van der Waals surface area contributed by atoms with Crippen LogP contribution >= 0.6 is 0 Å². The van der Waals surface area contributed by atoms with Gasteiger partial charge in [0, 0.05) is 37.6 Å². The van der Waals surface area contributed by atoms with E-state index in [1.54, 1.807) is 0 Å². The summed E-state index contributed by atoms with van der Waals surface area (Å²) in [5, 5.41) is 3.29. The van der Waals surface area contributed by atoms with Gasteiger partial charge in [-0.2, -0.15) is 13.2 Å². The lowest BCUT2D eigenvalue weighted by molar-refractivity contribution is -0.137. The van der Waals surface area contributed by atoms with E-state index in [4.69, 9.17) is 0 Å². The average molecular weight is 378 g/mol. The van der Waals surface area contributed by atoms with Crippen LogP contribution in [0.25, 0.3) is 0 Å². The van der Waals surface area contributed by atoms with Gasteiger partial charge in [0.15, 0.2) is 0 Å². The maximum absolute atomic E-state index is 12.6. The average Bonchev–Trinajstić information content (AvgIpc) is 2.65. The van der Waals surface area contributed by atoms with Gasteiger partial charge in [0.25, 0.3) is 0 Å². The smallest absolute Gasteiger partial charge is 0.341 e. The number of benzene rings is 1. The van der Waals surface area contributed by atoms with Gasteiger partial charge in [0.05, 0.1) is 5.56 Å². The highest BCUT2D eigenvalue weighted by atomic mass is 19.4. The second-order valence-electron chi connectivity index (χ2n) is 7.21. The van der Waals surface area contributed by atoms with E-state index >= 15 is 0 Å². The topological polar surface area (TPSA) is 41.1 Å². The summed E-state index contributed by atoms with van der Waals surface area (Å²) in [5.74, 6) is 1.46. The molecule has 0 amide bonds. The first kappa shape index (κ1) is 19.6. The minimum Gasteiger partial charge on any atom is -0.341 e. The summed E-state index contributed by atoms with van der Waals surface area (Å²) in [6.45, 7) is 5.58. The second kappa shape index (κ2) is 8.69. The number of halogens is 3. The SMILES string of the molecule is CC1CCCN(c2ncc(CNCCc3ccc(C(F)(F)F)cc3)cn2)C1. The van der Waals surface area contributed by atoms with Crippen molar-refractivity contribution in [3.05, 3.63) is 53.3 Å². The molecule has 1 aromatic heterocycles. The van der Waals surface area contributed by atoms with Crippen LogP contribution in [0.15, 0.2) is 36.7 Å². The molecule has 1 fully saturated rings. The summed E-state index contributed by atoms with van der Waals surface area (Å²) >= 11 is 0. The van der Waals surface area contributed by atoms with Gasteiger partial charge in [0.1, 0.15) is 0 Å². The number of nitrogens with zero attached hydrogens (tertiary/aromatic N) is 3. The van der Waals surface area contributed by atoms with E-state index < -0.39 is 11.7 Å². The normalized spacial score (nSPS) is 17.9. The van der Waals surface area contributed by atoms with Crippen LogP contribution in [-0.4, -0.2) is 29.6 Å². The number of rotatable bonds is 6. The fourth-order valence-corrected chi connectivity index (χ4v) is 3.30. The Bertz CT molecular complexity index is 714. The fraction of sp³-hybridized carbons (Fsp3) is 0.500. The number of anilines is 1. The molecule has 2 aromatic rings. The van der Waals surface area contributed by atoms with Crippen LogP contribution in [-0.2, 0) is 19.1 Å². The number of hydrogen-bond donors (Lipinski definition) is 1. The first-order valence-corrected chi connectivity index (χ1v) is 9.34. The summed E-state index contributed by atoms with van der Waals surface area (Å²) in [5.41, 5.74) is 1.26. The number of aromatic nitrogens is 2. The maximum Gasteiger partial charge on any atom is 0.416 e. The second-order valence-corrected chi connectivity index (χ2v) is 7.21. The molecule has 4 nitrogen and oxygen atoms in total. The van der Waals surface area contributed by atoms with Crippen molar-refractivity contribution < 1.29 is 13.2 Å². The van der Waals surface area contributed by atoms with Crippen molar-refractivity contribution in [1.29, 1.82) is 0 Å². The summed E-state index contributed by atoms with van der Waals surface area (Å²) in [7, 11) is 0. The molecule has 1 aliphatic rings. The van der Waals surface area contributed by atoms with Crippen molar-refractivity contribution in [3.8, 4) is 0 Å². The molecule has 1 N–H and O–H groups in total. The van der Waals surface area contributed by atoms with Gasteiger partial charge >= 0.3 is 6.18 Å². The molecule has 0 bridgehead atoms. The third-order valence-corrected chi connectivity index (χ3v) is 4.83. The van der Waals surface area contributed by atoms with Crippen LogP contribution in [0.3, 0.4) is 0 Å². The minimum atomic E-state index is -4.28. The van der Waals surface area contributed by atoms with Gasteiger partial charge in [-0.1, -0.05) is 19.1 Å². The van der Waals surface area contributed by atoms with Crippen LogP contribution in [0.1, 0.15) is 36.5 Å². The summed E-state index contributed by atoms with van der Waals surface area (Å²) in [4.78, 5) is 11.2. The Morgan fingerprint density at radius 3 is 2.44 bits per heavy atom. The molecule has 0 saturated carbocycles. The van der Waals surface area contributed by atoms with Crippen molar-refractivity contribution in [2.45, 2.75) is 38.9 Å². The van der Waals surface area contributed by atoms with E-state index in [0.717, 1.165) is 42.3 Å². The molecule has 27 heavy (non-hydrogen) atoms. The van der Waals surface area contributed by atoms with E-state index in [1.807, 2.05) is 12.4 Å². The molecular formula is C20H25F3N4. The molecule has 3 rings (SSSR count). The van der Waals surface area contributed by atoms with Crippen molar-refractivity contribution in [1.82, 2.24) is 15.3 Å². The van der Waals surface area contributed by atoms with Crippen LogP contribution in [0, 0.1) is 5.92 Å². The zero-order chi connectivity index (χ0) is 19.3. The quantitative estimate of drug-likeness (QED) is 0.770. The Balaban J connectivity index is 1.42. The highest BCUT2D eigenvalue weighted by Crippen LogP contribution is 2.29. The summed E-state index contributed by atoms with van der Waals surface area (Å²) in [6.07, 6.45) is 2.51. The Labute approximate surface area is 157 Å². The summed E-state index contributed by atoms with van der Waals surface area (Å²) in [6, 6.07) is 5.32. The standard InChI is InChI=1S/C20H25F3N4/c1-15-3-2-10-27(14-15)19-25-12-17(13-26-19)11-24-9-8-16-4-6-18(7-5-16)20(21,22)23/h4-7,12-13,15,24H,2-3,8-11,14H2,1H3. The number of hydrogen-bond acceptors (Lipinski definition) is 4. The monoisotopic (exact) mass is 378 g/mol. The molecule has 0 aliphatic carbocycles. The van der Waals surface area contributed by atoms with E-state index in [0.29, 0.717) is 25.4 Å². The van der Waals surface area contributed by atoms with Gasteiger partial charge in [-0.25, -0.2) is 9.97 Å². The highest BCUT2D eigenvalue weighted by Gasteiger charge is 2.29. The molecular weight excluding hydrogens is 353 g/mol. The molecule has 0 spiro atoms. The predicted octanol–water partition coefficient (Wildman–Crippen LogP) is 4.06. The van der Waals surface area contributed by atoms with Crippen LogP contribution in [0.4, 0.5) is 19.1 Å². The van der Waals surface area contributed by atoms with E-state index in [-0.39, 0.29) is 0 Å². The van der Waals surface area contributed by atoms with Crippen molar-refractivity contribution in [3.63, 3.8) is 0 Å². The molecule has 2 heterocycles. The largest absolute Gasteiger partial charge is 0.416 e. The van der Waals surface area contributed by atoms with Gasteiger partial charge in [-0.15, -0.1) is 0 Å². The molecule has 0 radical (unpaired) electrons. The van der Waals surface area contributed by atoms with Crippen molar-refractivity contribution in [2.24, 2.45) is 5.92 Å². The predicted molar refractivity (Wildman–Crippen MR) is 99.5 cm³/mol. The van der Waals surface area contributed by atoms with Crippen molar-refractivity contribution >= 4 is 5.95 Å². The first-order chi connectivity index (χ1) is 12.9. The number of alkyl halides is 3. The molecule has 1 unspecified atom stereocenters. The van der Waals surface area contributed by atoms with Crippen molar-refractivity contribution in [2.75, 3.05) is 24.5 Å². The van der Waals surface area contributed by atoms with Gasteiger partial charge in [-0.3, -0.25) is 0 Å². The van der Waals surface area contributed by atoms with E-state index in [1.165, 1.54) is 25.0 Å². The van der Waals surface area contributed by atoms with Crippen LogP contribution in [0.5, 0.6) is 0 Å². The Hall–Kier alpha value is -2.15. The molecule has 1 aliphatic heterocycles. The Morgan fingerprint density at radius 1 is 1.11 bits per heavy atom. The van der Waals surface area contributed by atoms with Crippen LogP contribution < -0.4 is 10.2 Å². The number of piperidine rings is 1. The minimum absolute atomic E-state index is 0.612. The number of nitrogens with one attached hydrogen (secondary N) is 1. The first-order valence-electron chi connectivity index (χ1n) is 9.34. The van der Waals surface area contributed by atoms with Gasteiger partial charge < -0.3 is 10.2 Å². The zero-order valence-electron chi connectivity index (χ0n) is 15.5. The summed E-state index contributed by atoms with van der Waals surface area (Å²) < 4.78 is 37.7. The molecule has 1 aromatic carbocycles. The lowest BCUT2D eigenvalue weighted by Crippen LogP contribution is -2.35. The lowest BCUT2D eigenvalue weighted by Gasteiger charge is -2.30. The van der Waals surface area contributed by atoms with Gasteiger partial charge in [0.2, 0.25) is 5.95 Å². The molecule has 7 heteroatoms.